The highest BCUT2D eigenvalue weighted by molar-refractivity contribution is 5.91. The first-order valence-electron chi connectivity index (χ1n) is 9.36. The Morgan fingerprint density at radius 2 is 1.54 bits per heavy atom. The first kappa shape index (κ1) is 20.3. The second kappa shape index (κ2) is 13.6. The highest BCUT2D eigenvalue weighted by Gasteiger charge is 1.96. The summed E-state index contributed by atoms with van der Waals surface area (Å²) in [5, 5.41) is 2.94. The van der Waals surface area contributed by atoms with Crippen LogP contribution in [0.3, 0.4) is 0 Å². The van der Waals surface area contributed by atoms with Gasteiger partial charge in [-0.15, -0.1) is 0 Å². The van der Waals surface area contributed by atoms with Gasteiger partial charge >= 0.3 is 0 Å². The Morgan fingerprint density at radius 3 is 2.12 bits per heavy atom. The summed E-state index contributed by atoms with van der Waals surface area (Å²) in [4.78, 5) is 11.8. The monoisotopic (exact) mass is 331 g/mol. The van der Waals surface area contributed by atoms with Crippen molar-refractivity contribution in [1.29, 1.82) is 0 Å². The number of methoxy groups -OCH3 is 1. The fourth-order valence-electron chi connectivity index (χ4n) is 2.59. The van der Waals surface area contributed by atoms with E-state index in [1.807, 2.05) is 30.3 Å². The van der Waals surface area contributed by atoms with Crippen molar-refractivity contribution in [3.8, 4) is 5.75 Å². The lowest BCUT2D eigenvalue weighted by Crippen LogP contribution is -2.21. The zero-order valence-corrected chi connectivity index (χ0v) is 15.4. The van der Waals surface area contributed by atoms with Crippen LogP contribution in [0.5, 0.6) is 5.75 Å². The van der Waals surface area contributed by atoms with Gasteiger partial charge in [-0.1, -0.05) is 70.4 Å². The van der Waals surface area contributed by atoms with E-state index in [1.165, 1.54) is 51.4 Å². The van der Waals surface area contributed by atoms with E-state index in [-0.39, 0.29) is 5.91 Å². The van der Waals surface area contributed by atoms with E-state index in [0.717, 1.165) is 24.3 Å². The normalized spacial score (nSPS) is 10.9. The first-order chi connectivity index (χ1) is 11.8. The fraction of sp³-hybridized carbons (Fsp3) is 0.571. The van der Waals surface area contributed by atoms with Crippen LogP contribution < -0.4 is 10.1 Å². The van der Waals surface area contributed by atoms with Crippen LogP contribution in [-0.4, -0.2) is 19.6 Å². The number of carbonyl (C=O) groups is 1. The molecular weight excluding hydrogens is 298 g/mol. The van der Waals surface area contributed by atoms with E-state index < -0.39 is 0 Å². The molecule has 1 N–H and O–H groups in total. The van der Waals surface area contributed by atoms with Crippen LogP contribution in [0, 0.1) is 0 Å². The molecule has 134 valence electrons. The summed E-state index contributed by atoms with van der Waals surface area (Å²) in [5.41, 5.74) is 0.994. The maximum atomic E-state index is 11.8. The van der Waals surface area contributed by atoms with Crippen molar-refractivity contribution in [3.05, 3.63) is 35.9 Å². The Morgan fingerprint density at radius 1 is 0.958 bits per heavy atom. The predicted molar refractivity (Wildman–Crippen MR) is 102 cm³/mol. The highest BCUT2D eigenvalue weighted by Crippen LogP contribution is 2.12. The van der Waals surface area contributed by atoms with Gasteiger partial charge in [0.15, 0.2) is 0 Å². The van der Waals surface area contributed by atoms with Gasteiger partial charge in [-0.2, -0.15) is 0 Å². The van der Waals surface area contributed by atoms with Crippen molar-refractivity contribution in [2.24, 2.45) is 0 Å². The van der Waals surface area contributed by atoms with Crippen molar-refractivity contribution >= 4 is 12.0 Å². The zero-order valence-electron chi connectivity index (χ0n) is 15.4. The summed E-state index contributed by atoms with van der Waals surface area (Å²) >= 11 is 0. The summed E-state index contributed by atoms with van der Waals surface area (Å²) in [7, 11) is 1.64. The Bertz CT molecular complexity index is 465. The molecule has 0 aliphatic heterocycles. The number of hydrogen-bond acceptors (Lipinski definition) is 2. The number of unbranched alkanes of at least 4 members (excludes halogenated alkanes) is 8. The standard InChI is InChI=1S/C21H33NO2/c1-3-4-5-6-7-8-9-10-11-18-22-21(23)17-14-19-12-15-20(24-2)16-13-19/h12-17H,3-11,18H2,1-2H3,(H,22,23)/b17-14+. The average Bonchev–Trinajstić information content (AvgIpc) is 2.62. The summed E-state index contributed by atoms with van der Waals surface area (Å²) < 4.78 is 5.11. The Hall–Kier alpha value is -1.77. The molecule has 1 aromatic carbocycles. The predicted octanol–water partition coefficient (Wildman–Crippen LogP) is 5.36. The number of benzene rings is 1. The quantitative estimate of drug-likeness (QED) is 0.390. The number of amides is 1. The Labute approximate surface area is 147 Å². The molecule has 1 aromatic rings. The number of rotatable bonds is 13. The second-order valence-corrected chi connectivity index (χ2v) is 6.23. The van der Waals surface area contributed by atoms with Crippen LogP contribution in [0.2, 0.25) is 0 Å². The molecule has 1 rings (SSSR count). The minimum atomic E-state index is -0.0228. The molecule has 3 heteroatoms. The number of ether oxygens (including phenoxy) is 1. The molecule has 0 saturated heterocycles. The van der Waals surface area contributed by atoms with Crippen molar-refractivity contribution in [2.75, 3.05) is 13.7 Å². The Kier molecular flexibility index (Phi) is 11.5. The molecule has 0 unspecified atom stereocenters. The van der Waals surface area contributed by atoms with Crippen LogP contribution in [0.25, 0.3) is 6.08 Å². The third-order valence-corrected chi connectivity index (χ3v) is 4.12. The van der Waals surface area contributed by atoms with Gasteiger partial charge in [-0.25, -0.2) is 0 Å². The van der Waals surface area contributed by atoms with Crippen LogP contribution in [0.1, 0.15) is 70.3 Å². The largest absolute Gasteiger partial charge is 0.497 e. The van der Waals surface area contributed by atoms with Crippen molar-refractivity contribution < 1.29 is 9.53 Å². The van der Waals surface area contributed by atoms with Gasteiger partial charge in [-0.05, 0) is 30.2 Å². The van der Waals surface area contributed by atoms with Crippen LogP contribution in [0.15, 0.2) is 30.3 Å². The van der Waals surface area contributed by atoms with E-state index >= 15 is 0 Å². The molecule has 1 amide bonds. The average molecular weight is 332 g/mol. The second-order valence-electron chi connectivity index (χ2n) is 6.23. The van der Waals surface area contributed by atoms with Gasteiger partial charge in [0.05, 0.1) is 7.11 Å². The van der Waals surface area contributed by atoms with Gasteiger partial charge in [0.1, 0.15) is 5.75 Å². The molecule has 0 bridgehead atoms. The van der Waals surface area contributed by atoms with Crippen LogP contribution in [0.4, 0.5) is 0 Å². The van der Waals surface area contributed by atoms with Crippen LogP contribution in [-0.2, 0) is 4.79 Å². The smallest absolute Gasteiger partial charge is 0.243 e. The molecule has 0 aromatic heterocycles. The molecule has 0 spiro atoms. The summed E-state index contributed by atoms with van der Waals surface area (Å²) in [5.74, 6) is 0.798. The fourth-order valence-corrected chi connectivity index (χ4v) is 2.59. The maximum absolute atomic E-state index is 11.8. The van der Waals surface area contributed by atoms with Gasteiger partial charge < -0.3 is 10.1 Å². The molecule has 3 nitrogen and oxygen atoms in total. The summed E-state index contributed by atoms with van der Waals surface area (Å²) in [6.45, 7) is 3.02. The van der Waals surface area contributed by atoms with Crippen molar-refractivity contribution in [2.45, 2.75) is 64.7 Å². The topological polar surface area (TPSA) is 38.3 Å². The van der Waals surface area contributed by atoms with E-state index in [4.69, 9.17) is 4.74 Å². The number of hydrogen-bond donors (Lipinski definition) is 1. The van der Waals surface area contributed by atoms with E-state index in [2.05, 4.69) is 12.2 Å². The summed E-state index contributed by atoms with van der Waals surface area (Å²) in [6, 6.07) is 7.64. The van der Waals surface area contributed by atoms with Gasteiger partial charge in [0, 0.05) is 12.6 Å². The van der Waals surface area contributed by atoms with E-state index in [1.54, 1.807) is 13.2 Å². The number of carbonyl (C=O) groups excluding carboxylic acids is 1. The minimum absolute atomic E-state index is 0.0228. The van der Waals surface area contributed by atoms with Crippen molar-refractivity contribution in [1.82, 2.24) is 5.32 Å². The molecule has 0 radical (unpaired) electrons. The van der Waals surface area contributed by atoms with Crippen molar-refractivity contribution in [3.63, 3.8) is 0 Å². The lowest BCUT2D eigenvalue weighted by molar-refractivity contribution is -0.116. The Balaban J connectivity index is 2.02. The summed E-state index contributed by atoms with van der Waals surface area (Å²) in [6.07, 6.45) is 15.1. The highest BCUT2D eigenvalue weighted by atomic mass is 16.5. The molecule has 0 saturated carbocycles. The maximum Gasteiger partial charge on any atom is 0.243 e. The molecule has 24 heavy (non-hydrogen) atoms. The third kappa shape index (κ3) is 10.1. The molecular formula is C21H33NO2. The SMILES string of the molecule is CCCCCCCCCCCNC(=O)/C=C/c1ccc(OC)cc1. The zero-order chi connectivity index (χ0) is 17.5. The van der Waals surface area contributed by atoms with Gasteiger partial charge in [0.2, 0.25) is 5.91 Å². The lowest BCUT2D eigenvalue weighted by atomic mass is 10.1. The van der Waals surface area contributed by atoms with Gasteiger partial charge in [0.25, 0.3) is 0 Å². The number of nitrogens with one attached hydrogen (secondary N) is 1. The van der Waals surface area contributed by atoms with Crippen LogP contribution >= 0.6 is 0 Å². The molecule has 0 aliphatic carbocycles. The minimum Gasteiger partial charge on any atom is -0.497 e. The molecule has 0 heterocycles. The third-order valence-electron chi connectivity index (χ3n) is 4.12. The van der Waals surface area contributed by atoms with Gasteiger partial charge in [-0.3, -0.25) is 4.79 Å². The molecule has 0 fully saturated rings. The molecule has 0 atom stereocenters. The molecule has 0 aliphatic rings. The first-order valence-corrected chi connectivity index (χ1v) is 9.36. The lowest BCUT2D eigenvalue weighted by Gasteiger charge is -2.03. The van der Waals surface area contributed by atoms with E-state index in [9.17, 15) is 4.79 Å². The van der Waals surface area contributed by atoms with E-state index in [0.29, 0.717) is 0 Å².